The van der Waals surface area contributed by atoms with Crippen LogP contribution in [0.5, 0.6) is 5.75 Å². The van der Waals surface area contributed by atoms with Gasteiger partial charge in [0.25, 0.3) is 0 Å². The summed E-state index contributed by atoms with van der Waals surface area (Å²) in [6, 6.07) is 7.39. The lowest BCUT2D eigenvalue weighted by molar-refractivity contribution is -0.121. The summed E-state index contributed by atoms with van der Waals surface area (Å²) >= 11 is 7.34. The van der Waals surface area contributed by atoms with Crippen LogP contribution < -0.4 is 15.4 Å². The van der Waals surface area contributed by atoms with Crippen molar-refractivity contribution in [3.8, 4) is 11.8 Å². The Morgan fingerprint density at radius 3 is 2.92 bits per heavy atom. The lowest BCUT2D eigenvalue weighted by Gasteiger charge is -2.25. The van der Waals surface area contributed by atoms with Crippen molar-refractivity contribution in [3.63, 3.8) is 0 Å². The maximum atomic E-state index is 12.1. The zero-order chi connectivity index (χ0) is 19.1. The number of allylic oxidation sites excluding steroid dienone is 1. The van der Waals surface area contributed by atoms with E-state index in [1.54, 1.807) is 18.2 Å². The smallest absolute Gasteiger partial charge is 0.230 e. The number of nitriles is 1. The Kier molecular flexibility index (Phi) is 7.37. The summed E-state index contributed by atoms with van der Waals surface area (Å²) in [5.41, 5.74) is 1.19. The fourth-order valence-electron chi connectivity index (χ4n) is 2.57. The highest BCUT2D eigenvalue weighted by Gasteiger charge is 2.30. The number of amides is 2. The predicted molar refractivity (Wildman–Crippen MR) is 102 cm³/mol. The highest BCUT2D eigenvalue weighted by molar-refractivity contribution is 8.03. The predicted octanol–water partition coefficient (Wildman–Crippen LogP) is 2.95. The number of nitrogens with one attached hydrogen (secondary N) is 2. The molecule has 26 heavy (non-hydrogen) atoms. The van der Waals surface area contributed by atoms with Crippen molar-refractivity contribution in [2.24, 2.45) is 0 Å². The molecule has 0 aromatic heterocycles. The second-order valence-corrected chi connectivity index (χ2v) is 7.08. The largest absolute Gasteiger partial charge is 0.495 e. The third-order valence-corrected chi connectivity index (χ3v) is 5.17. The molecule has 0 fully saturated rings. The highest BCUT2D eigenvalue weighted by atomic mass is 35.5. The van der Waals surface area contributed by atoms with E-state index in [9.17, 15) is 14.9 Å². The quantitative estimate of drug-likeness (QED) is 0.743. The molecule has 1 aliphatic heterocycles. The van der Waals surface area contributed by atoms with E-state index in [1.807, 2.05) is 6.92 Å². The minimum Gasteiger partial charge on any atom is -0.495 e. The Bertz CT molecular complexity index is 773. The first kappa shape index (κ1) is 20.1. The van der Waals surface area contributed by atoms with Gasteiger partial charge in [0, 0.05) is 18.9 Å². The molecule has 2 N–H and O–H groups in total. The molecule has 0 spiro atoms. The van der Waals surface area contributed by atoms with E-state index < -0.39 is 5.92 Å². The Balaban J connectivity index is 2.25. The van der Waals surface area contributed by atoms with Gasteiger partial charge < -0.3 is 15.4 Å². The van der Waals surface area contributed by atoms with Crippen LogP contribution in [0.3, 0.4) is 0 Å². The lowest BCUT2D eigenvalue weighted by atomic mass is 9.87. The number of thioether (sulfide) groups is 1. The van der Waals surface area contributed by atoms with Crippen LogP contribution in [0.4, 0.5) is 0 Å². The molecule has 2 rings (SSSR count). The lowest BCUT2D eigenvalue weighted by Crippen LogP contribution is -2.32. The van der Waals surface area contributed by atoms with Gasteiger partial charge in [-0.05, 0) is 24.1 Å². The van der Waals surface area contributed by atoms with Gasteiger partial charge in [-0.1, -0.05) is 36.4 Å². The van der Waals surface area contributed by atoms with Crippen molar-refractivity contribution in [1.29, 1.82) is 5.26 Å². The standard InChI is InChI=1S/C18H20ClN3O3S/c1-3-6-21-17(24)10-26-18-13(9-20)12(8-16(23)22-18)11-4-5-15(25-2)14(19)7-11/h4-5,7,12H,3,6,8,10H2,1-2H3,(H,21,24)(H,22,23)/t12-/m1/s1. The molecule has 2 amide bonds. The van der Waals surface area contributed by atoms with Crippen LogP contribution in [0, 0.1) is 11.3 Å². The normalized spacial score (nSPS) is 16.7. The van der Waals surface area contributed by atoms with E-state index in [0.717, 1.165) is 23.7 Å². The van der Waals surface area contributed by atoms with Crippen LogP contribution in [0.1, 0.15) is 31.2 Å². The molecule has 1 heterocycles. The van der Waals surface area contributed by atoms with Crippen LogP contribution in [0.25, 0.3) is 0 Å². The Morgan fingerprint density at radius 2 is 2.31 bits per heavy atom. The molecule has 0 aliphatic carbocycles. The zero-order valence-electron chi connectivity index (χ0n) is 14.6. The minimum absolute atomic E-state index is 0.134. The number of carbonyl (C=O) groups excluding carboxylic acids is 2. The number of hydrogen-bond donors (Lipinski definition) is 2. The van der Waals surface area contributed by atoms with Gasteiger partial charge in [0.05, 0.1) is 34.6 Å². The summed E-state index contributed by atoms with van der Waals surface area (Å²) in [6.07, 6.45) is 0.997. The van der Waals surface area contributed by atoms with Crippen LogP contribution in [-0.4, -0.2) is 31.2 Å². The van der Waals surface area contributed by atoms with E-state index in [4.69, 9.17) is 16.3 Å². The molecule has 1 aromatic rings. The van der Waals surface area contributed by atoms with Crippen molar-refractivity contribution in [2.45, 2.75) is 25.7 Å². The fourth-order valence-corrected chi connectivity index (χ4v) is 3.74. The van der Waals surface area contributed by atoms with Gasteiger partial charge in [-0.15, -0.1) is 0 Å². The molecule has 0 unspecified atom stereocenters. The van der Waals surface area contributed by atoms with Gasteiger partial charge in [-0.2, -0.15) is 5.26 Å². The zero-order valence-corrected chi connectivity index (χ0v) is 16.2. The van der Waals surface area contributed by atoms with Crippen molar-refractivity contribution in [3.05, 3.63) is 39.4 Å². The number of ether oxygens (including phenoxy) is 1. The number of halogens is 1. The molecule has 0 radical (unpaired) electrons. The Morgan fingerprint density at radius 1 is 1.54 bits per heavy atom. The highest BCUT2D eigenvalue weighted by Crippen LogP contribution is 2.38. The molecule has 138 valence electrons. The van der Waals surface area contributed by atoms with E-state index in [0.29, 0.717) is 27.9 Å². The molecule has 0 bridgehead atoms. The molecule has 8 heteroatoms. The Labute approximate surface area is 161 Å². The second-order valence-electron chi connectivity index (χ2n) is 5.69. The van der Waals surface area contributed by atoms with Crippen molar-refractivity contribution < 1.29 is 14.3 Å². The van der Waals surface area contributed by atoms with Gasteiger partial charge >= 0.3 is 0 Å². The fraction of sp³-hybridized carbons (Fsp3) is 0.389. The number of nitrogens with zero attached hydrogens (tertiary/aromatic N) is 1. The topological polar surface area (TPSA) is 91.2 Å². The number of benzene rings is 1. The number of rotatable bonds is 7. The van der Waals surface area contributed by atoms with Gasteiger partial charge in [0.15, 0.2) is 0 Å². The summed E-state index contributed by atoms with van der Waals surface area (Å²) in [7, 11) is 1.52. The summed E-state index contributed by atoms with van der Waals surface area (Å²) in [5.74, 6) is -0.0710. The third-order valence-electron chi connectivity index (χ3n) is 3.85. The SMILES string of the molecule is CCCNC(=O)CSC1=C(C#N)[C@@H](c2ccc(OC)c(Cl)c2)CC(=O)N1. The first-order valence-corrected chi connectivity index (χ1v) is 9.53. The second kappa shape index (κ2) is 9.51. The Hall–Kier alpha value is -2.17. The maximum Gasteiger partial charge on any atom is 0.230 e. The van der Waals surface area contributed by atoms with Crippen LogP contribution in [0.2, 0.25) is 5.02 Å². The molecule has 1 aliphatic rings. The van der Waals surface area contributed by atoms with E-state index in [1.165, 1.54) is 7.11 Å². The number of methoxy groups -OCH3 is 1. The van der Waals surface area contributed by atoms with Crippen LogP contribution >= 0.6 is 23.4 Å². The van der Waals surface area contributed by atoms with Crippen LogP contribution in [-0.2, 0) is 9.59 Å². The first-order valence-electron chi connectivity index (χ1n) is 8.17. The van der Waals surface area contributed by atoms with Gasteiger partial charge in [0.1, 0.15) is 5.75 Å². The average molecular weight is 394 g/mol. The number of hydrogen-bond acceptors (Lipinski definition) is 5. The molecule has 0 saturated carbocycles. The average Bonchev–Trinajstić information content (AvgIpc) is 2.64. The molecule has 1 atom stereocenters. The van der Waals surface area contributed by atoms with Gasteiger partial charge in [-0.3, -0.25) is 9.59 Å². The van der Waals surface area contributed by atoms with E-state index in [2.05, 4.69) is 16.7 Å². The first-order chi connectivity index (χ1) is 12.5. The molecular weight excluding hydrogens is 374 g/mol. The molecule has 1 aromatic carbocycles. The van der Waals surface area contributed by atoms with E-state index >= 15 is 0 Å². The van der Waals surface area contributed by atoms with E-state index in [-0.39, 0.29) is 24.0 Å². The summed E-state index contributed by atoms with van der Waals surface area (Å²) < 4.78 is 5.14. The summed E-state index contributed by atoms with van der Waals surface area (Å²) in [6.45, 7) is 2.57. The number of carbonyl (C=O) groups is 2. The summed E-state index contributed by atoms with van der Waals surface area (Å²) in [5, 5.41) is 15.9. The molecule has 6 nitrogen and oxygen atoms in total. The van der Waals surface area contributed by atoms with Crippen molar-refractivity contribution in [2.75, 3.05) is 19.4 Å². The van der Waals surface area contributed by atoms with Crippen LogP contribution in [0.15, 0.2) is 28.8 Å². The maximum absolute atomic E-state index is 12.1. The monoisotopic (exact) mass is 393 g/mol. The van der Waals surface area contributed by atoms with Gasteiger partial charge in [-0.25, -0.2) is 0 Å². The molecular formula is C18H20ClN3O3S. The minimum atomic E-state index is -0.404. The van der Waals surface area contributed by atoms with Gasteiger partial charge in [0.2, 0.25) is 11.8 Å². The van der Waals surface area contributed by atoms with Crippen molar-refractivity contribution in [1.82, 2.24) is 10.6 Å². The summed E-state index contributed by atoms with van der Waals surface area (Å²) in [4.78, 5) is 23.9. The van der Waals surface area contributed by atoms with Crippen molar-refractivity contribution >= 4 is 35.2 Å². The third kappa shape index (κ3) is 4.93. The molecule has 0 saturated heterocycles.